The van der Waals surface area contributed by atoms with E-state index in [1.54, 1.807) is 14.2 Å². The summed E-state index contributed by atoms with van der Waals surface area (Å²) in [5.74, 6) is 1.50. The molecule has 0 radical (unpaired) electrons. The molecule has 3 rings (SSSR count). The smallest absolute Gasteiger partial charge is 0.145 e. The summed E-state index contributed by atoms with van der Waals surface area (Å²) in [5, 5.41) is 4.56. The van der Waals surface area contributed by atoms with Gasteiger partial charge in [-0.3, -0.25) is 4.98 Å². The lowest BCUT2D eigenvalue weighted by Crippen LogP contribution is -1.98. The van der Waals surface area contributed by atoms with Crippen LogP contribution in [0.25, 0.3) is 10.9 Å². The number of para-hydroxylation sites is 1. The van der Waals surface area contributed by atoms with Crippen LogP contribution in [0.3, 0.4) is 0 Å². The highest BCUT2D eigenvalue weighted by molar-refractivity contribution is 5.95. The fraction of sp³-hybridized carbons (Fsp3) is 0.211. The van der Waals surface area contributed by atoms with Crippen LogP contribution in [0.2, 0.25) is 0 Å². The molecule has 4 nitrogen and oxygen atoms in total. The summed E-state index contributed by atoms with van der Waals surface area (Å²) in [5.41, 5.74) is 5.06. The second-order valence-corrected chi connectivity index (χ2v) is 5.47. The van der Waals surface area contributed by atoms with E-state index in [1.807, 2.05) is 37.3 Å². The number of benzene rings is 2. The number of aryl methyl sites for hydroxylation is 2. The van der Waals surface area contributed by atoms with Crippen molar-refractivity contribution in [2.24, 2.45) is 0 Å². The van der Waals surface area contributed by atoms with Crippen molar-refractivity contribution in [2.45, 2.75) is 13.8 Å². The van der Waals surface area contributed by atoms with E-state index in [0.717, 1.165) is 45.0 Å². The third kappa shape index (κ3) is 2.93. The summed E-state index contributed by atoms with van der Waals surface area (Å²) in [6.07, 6.45) is 0. The van der Waals surface area contributed by atoms with Crippen LogP contribution in [0.1, 0.15) is 11.3 Å². The Morgan fingerprint density at radius 3 is 2.48 bits per heavy atom. The first-order valence-electron chi connectivity index (χ1n) is 7.48. The Labute approximate surface area is 136 Å². The van der Waals surface area contributed by atoms with Crippen LogP contribution in [0.4, 0.5) is 11.4 Å². The Hall–Kier alpha value is -2.75. The molecule has 1 N–H and O–H groups in total. The average Bonchev–Trinajstić information content (AvgIpc) is 2.56. The standard InChI is InChI=1S/C19H20N2O2/c1-12-6-5-7-15-17(10-13(2)20-19(12)15)21-16-9-8-14(22-3)11-18(16)23-4/h5-11H,1-4H3,(H,20,21). The Morgan fingerprint density at radius 2 is 1.74 bits per heavy atom. The van der Waals surface area contributed by atoms with Gasteiger partial charge in [0.1, 0.15) is 11.5 Å². The monoisotopic (exact) mass is 308 g/mol. The van der Waals surface area contributed by atoms with Gasteiger partial charge in [0, 0.05) is 22.8 Å². The van der Waals surface area contributed by atoms with Gasteiger partial charge in [0.05, 0.1) is 25.4 Å². The molecular weight excluding hydrogens is 288 g/mol. The van der Waals surface area contributed by atoms with Crippen molar-refractivity contribution < 1.29 is 9.47 Å². The van der Waals surface area contributed by atoms with Gasteiger partial charge >= 0.3 is 0 Å². The van der Waals surface area contributed by atoms with Crippen LogP contribution in [-0.4, -0.2) is 19.2 Å². The summed E-state index contributed by atoms with van der Waals surface area (Å²) in [7, 11) is 3.30. The summed E-state index contributed by atoms with van der Waals surface area (Å²) >= 11 is 0. The Bertz CT molecular complexity index is 859. The Morgan fingerprint density at radius 1 is 0.913 bits per heavy atom. The van der Waals surface area contributed by atoms with Crippen LogP contribution in [0.5, 0.6) is 11.5 Å². The maximum atomic E-state index is 5.47. The first-order chi connectivity index (χ1) is 11.1. The van der Waals surface area contributed by atoms with Crippen molar-refractivity contribution in [1.29, 1.82) is 0 Å². The molecule has 23 heavy (non-hydrogen) atoms. The number of methoxy groups -OCH3 is 2. The van der Waals surface area contributed by atoms with Crippen molar-refractivity contribution in [3.63, 3.8) is 0 Å². The molecular formula is C19H20N2O2. The molecule has 0 fully saturated rings. The van der Waals surface area contributed by atoms with Gasteiger partial charge in [-0.05, 0) is 37.6 Å². The van der Waals surface area contributed by atoms with E-state index in [2.05, 4.69) is 29.4 Å². The minimum atomic E-state index is 0.736. The van der Waals surface area contributed by atoms with Crippen LogP contribution in [-0.2, 0) is 0 Å². The third-order valence-electron chi connectivity index (χ3n) is 3.85. The molecule has 0 aliphatic rings. The summed E-state index contributed by atoms with van der Waals surface area (Å²) in [6, 6.07) is 14.0. The highest BCUT2D eigenvalue weighted by Crippen LogP contribution is 2.34. The number of fused-ring (bicyclic) bond motifs is 1. The summed E-state index contributed by atoms with van der Waals surface area (Å²) in [6.45, 7) is 4.08. The molecule has 0 atom stereocenters. The molecule has 118 valence electrons. The lowest BCUT2D eigenvalue weighted by molar-refractivity contribution is 0.395. The van der Waals surface area contributed by atoms with E-state index in [0.29, 0.717) is 0 Å². The molecule has 4 heteroatoms. The van der Waals surface area contributed by atoms with Crippen LogP contribution in [0.15, 0.2) is 42.5 Å². The predicted octanol–water partition coefficient (Wildman–Crippen LogP) is 4.61. The lowest BCUT2D eigenvalue weighted by atomic mass is 10.1. The van der Waals surface area contributed by atoms with E-state index in [1.165, 1.54) is 0 Å². The molecule has 0 unspecified atom stereocenters. The number of aromatic nitrogens is 1. The van der Waals surface area contributed by atoms with Crippen molar-refractivity contribution in [3.05, 3.63) is 53.7 Å². The molecule has 0 spiro atoms. The number of hydrogen-bond donors (Lipinski definition) is 1. The van der Waals surface area contributed by atoms with Gasteiger partial charge < -0.3 is 14.8 Å². The van der Waals surface area contributed by atoms with Crippen molar-refractivity contribution >= 4 is 22.3 Å². The molecule has 0 saturated carbocycles. The lowest BCUT2D eigenvalue weighted by Gasteiger charge is -2.15. The van der Waals surface area contributed by atoms with Crippen molar-refractivity contribution in [1.82, 2.24) is 4.98 Å². The average molecular weight is 308 g/mol. The second-order valence-electron chi connectivity index (χ2n) is 5.47. The molecule has 2 aromatic carbocycles. The van der Waals surface area contributed by atoms with E-state index in [9.17, 15) is 0 Å². The van der Waals surface area contributed by atoms with Gasteiger partial charge in [-0.2, -0.15) is 0 Å². The zero-order valence-corrected chi connectivity index (χ0v) is 13.8. The fourth-order valence-corrected chi connectivity index (χ4v) is 2.67. The maximum Gasteiger partial charge on any atom is 0.145 e. The topological polar surface area (TPSA) is 43.4 Å². The largest absolute Gasteiger partial charge is 0.497 e. The number of pyridine rings is 1. The van der Waals surface area contributed by atoms with Crippen molar-refractivity contribution in [3.8, 4) is 11.5 Å². The van der Waals surface area contributed by atoms with Crippen LogP contribution in [0, 0.1) is 13.8 Å². The van der Waals surface area contributed by atoms with Gasteiger partial charge in [0.2, 0.25) is 0 Å². The quantitative estimate of drug-likeness (QED) is 0.764. The molecule has 0 amide bonds. The molecule has 0 bridgehead atoms. The number of anilines is 2. The van der Waals surface area contributed by atoms with Crippen LogP contribution < -0.4 is 14.8 Å². The minimum Gasteiger partial charge on any atom is -0.497 e. The zero-order chi connectivity index (χ0) is 16.4. The van der Waals surface area contributed by atoms with E-state index in [4.69, 9.17) is 9.47 Å². The summed E-state index contributed by atoms with van der Waals surface area (Å²) in [4.78, 5) is 4.66. The van der Waals surface area contributed by atoms with Gasteiger partial charge in [-0.25, -0.2) is 0 Å². The van der Waals surface area contributed by atoms with Gasteiger partial charge in [-0.1, -0.05) is 18.2 Å². The first kappa shape index (κ1) is 15.2. The highest BCUT2D eigenvalue weighted by atomic mass is 16.5. The highest BCUT2D eigenvalue weighted by Gasteiger charge is 2.10. The van der Waals surface area contributed by atoms with Gasteiger partial charge in [0.15, 0.2) is 0 Å². The predicted molar refractivity (Wildman–Crippen MR) is 94.0 cm³/mol. The van der Waals surface area contributed by atoms with Crippen molar-refractivity contribution in [2.75, 3.05) is 19.5 Å². The fourth-order valence-electron chi connectivity index (χ4n) is 2.67. The Balaban J connectivity index is 2.10. The van der Waals surface area contributed by atoms with Gasteiger partial charge in [-0.15, -0.1) is 0 Å². The number of rotatable bonds is 4. The van der Waals surface area contributed by atoms with Crippen LogP contribution >= 0.6 is 0 Å². The molecule has 1 aromatic heterocycles. The minimum absolute atomic E-state index is 0.736. The van der Waals surface area contributed by atoms with E-state index >= 15 is 0 Å². The number of hydrogen-bond acceptors (Lipinski definition) is 4. The molecule has 0 aliphatic heterocycles. The number of nitrogens with one attached hydrogen (secondary N) is 1. The second kappa shape index (κ2) is 6.16. The van der Waals surface area contributed by atoms with E-state index < -0.39 is 0 Å². The van der Waals surface area contributed by atoms with E-state index in [-0.39, 0.29) is 0 Å². The Kier molecular flexibility index (Phi) is 4.06. The SMILES string of the molecule is COc1ccc(Nc2cc(C)nc3c(C)cccc23)c(OC)c1. The first-order valence-corrected chi connectivity index (χ1v) is 7.48. The third-order valence-corrected chi connectivity index (χ3v) is 3.85. The zero-order valence-electron chi connectivity index (χ0n) is 13.8. The molecule has 0 aliphatic carbocycles. The maximum absolute atomic E-state index is 5.47. The molecule has 1 heterocycles. The molecule has 3 aromatic rings. The molecule has 0 saturated heterocycles. The normalized spacial score (nSPS) is 10.6. The number of nitrogens with zero attached hydrogens (tertiary/aromatic N) is 1. The number of ether oxygens (including phenoxy) is 2. The summed E-state index contributed by atoms with van der Waals surface area (Å²) < 4.78 is 10.7. The van der Waals surface area contributed by atoms with Gasteiger partial charge in [0.25, 0.3) is 0 Å².